The Labute approximate surface area is 229 Å². The van der Waals surface area contributed by atoms with Gasteiger partial charge in [0, 0.05) is 43.5 Å². The second-order valence-corrected chi connectivity index (χ2v) is 10.9. The van der Waals surface area contributed by atoms with Gasteiger partial charge in [-0.15, -0.1) is 0 Å². The molecule has 9 nitrogen and oxygen atoms in total. The van der Waals surface area contributed by atoms with Gasteiger partial charge in [-0.05, 0) is 50.8 Å². The number of nitrogens with zero attached hydrogens (tertiary/aromatic N) is 3. The lowest BCUT2D eigenvalue weighted by Gasteiger charge is -2.38. The van der Waals surface area contributed by atoms with Crippen molar-refractivity contribution in [2.75, 3.05) is 19.6 Å². The number of aryl methyl sites for hydroxylation is 2. The molecule has 1 saturated heterocycles. The maximum Gasteiger partial charge on any atom is 0.259 e. The number of nitrogens with two attached hydrogens (primary N) is 1. The fourth-order valence-corrected chi connectivity index (χ4v) is 5.88. The number of hydrogen-bond donors (Lipinski definition) is 2. The van der Waals surface area contributed by atoms with Gasteiger partial charge in [-0.2, -0.15) is 0 Å². The van der Waals surface area contributed by atoms with E-state index >= 15 is 0 Å². The zero-order chi connectivity index (χ0) is 27.2. The van der Waals surface area contributed by atoms with Crippen LogP contribution in [0.25, 0.3) is 0 Å². The molecule has 1 aliphatic carbocycles. The second kappa shape index (κ2) is 12.8. The van der Waals surface area contributed by atoms with Crippen molar-refractivity contribution in [3.63, 3.8) is 0 Å². The van der Waals surface area contributed by atoms with E-state index in [4.69, 9.17) is 21.9 Å². The average Bonchev–Trinajstić information content (AvgIpc) is 3.51. The number of halogens is 1. The summed E-state index contributed by atoms with van der Waals surface area (Å²) in [6, 6.07) is 6.55. The summed E-state index contributed by atoms with van der Waals surface area (Å²) < 4.78 is 5.31. The third kappa shape index (κ3) is 6.56. The predicted molar refractivity (Wildman–Crippen MR) is 145 cm³/mol. The first-order valence-electron chi connectivity index (χ1n) is 13.6. The number of nitrogens with one attached hydrogen (secondary N) is 1. The van der Waals surface area contributed by atoms with Crippen LogP contribution in [0.3, 0.4) is 0 Å². The third-order valence-electron chi connectivity index (χ3n) is 7.68. The maximum atomic E-state index is 13.9. The van der Waals surface area contributed by atoms with Gasteiger partial charge in [0.15, 0.2) is 0 Å². The summed E-state index contributed by atoms with van der Waals surface area (Å²) >= 11 is 6.03. The van der Waals surface area contributed by atoms with E-state index in [0.717, 1.165) is 31.2 Å². The lowest BCUT2D eigenvalue weighted by molar-refractivity contribution is -0.135. The van der Waals surface area contributed by atoms with E-state index in [1.165, 1.54) is 6.42 Å². The number of benzene rings is 1. The minimum atomic E-state index is -0.727. The van der Waals surface area contributed by atoms with Crippen LogP contribution in [0.15, 0.2) is 28.8 Å². The Hall–Kier alpha value is -2.91. The molecule has 2 atom stereocenters. The van der Waals surface area contributed by atoms with Gasteiger partial charge in [0.25, 0.3) is 5.91 Å². The number of amides is 3. The Bertz CT molecular complexity index is 1110. The molecule has 1 saturated carbocycles. The number of likely N-dealkylation sites (tertiary alicyclic amines) is 1. The van der Waals surface area contributed by atoms with Gasteiger partial charge >= 0.3 is 0 Å². The first-order chi connectivity index (χ1) is 18.3. The molecule has 38 heavy (non-hydrogen) atoms. The van der Waals surface area contributed by atoms with Crippen molar-refractivity contribution in [3.8, 4) is 0 Å². The summed E-state index contributed by atoms with van der Waals surface area (Å²) in [7, 11) is 0. The van der Waals surface area contributed by atoms with E-state index in [1.807, 2.05) is 17.0 Å². The highest BCUT2D eigenvalue weighted by Crippen LogP contribution is 2.30. The molecule has 2 fully saturated rings. The maximum absolute atomic E-state index is 13.9. The zero-order valence-corrected chi connectivity index (χ0v) is 23.0. The molecule has 2 unspecified atom stereocenters. The first-order valence-corrected chi connectivity index (χ1v) is 13.9. The fraction of sp³-hybridized carbons (Fsp3) is 0.571. The topological polar surface area (TPSA) is 122 Å². The summed E-state index contributed by atoms with van der Waals surface area (Å²) in [4.78, 5) is 43.8. The standard InChI is InChI=1S/C28H38ClN5O4/c1-18-26(19(2)38-32-18)28(37)34(22-6-4-3-5-7-22)23-13-15-33(17-23)27(36)24(31-25(35)12-14-30)16-20-8-10-21(29)11-9-20/h8-11,22-24H,3-7,12-17,30H2,1-2H3,(H,31,35). The van der Waals surface area contributed by atoms with Crippen LogP contribution in [-0.4, -0.2) is 70.4 Å². The van der Waals surface area contributed by atoms with Crippen LogP contribution < -0.4 is 11.1 Å². The van der Waals surface area contributed by atoms with Crippen LogP contribution in [0.2, 0.25) is 5.02 Å². The highest BCUT2D eigenvalue weighted by atomic mass is 35.5. The van der Waals surface area contributed by atoms with Crippen LogP contribution in [0.5, 0.6) is 0 Å². The number of carbonyl (C=O) groups excluding carboxylic acids is 3. The van der Waals surface area contributed by atoms with Gasteiger partial charge < -0.3 is 25.4 Å². The quantitative estimate of drug-likeness (QED) is 0.500. The highest BCUT2D eigenvalue weighted by Gasteiger charge is 2.40. The normalized spacial score (nSPS) is 18.8. The lowest BCUT2D eigenvalue weighted by Crippen LogP contribution is -2.52. The van der Waals surface area contributed by atoms with Crippen molar-refractivity contribution in [2.45, 2.75) is 83.3 Å². The molecule has 0 bridgehead atoms. The first kappa shape index (κ1) is 28.1. The van der Waals surface area contributed by atoms with Crippen LogP contribution in [0, 0.1) is 13.8 Å². The van der Waals surface area contributed by atoms with E-state index in [0.29, 0.717) is 48.0 Å². The van der Waals surface area contributed by atoms with Crippen molar-refractivity contribution in [1.29, 1.82) is 0 Å². The molecule has 1 aliphatic heterocycles. The second-order valence-electron chi connectivity index (χ2n) is 10.4. The van der Waals surface area contributed by atoms with E-state index in [-0.39, 0.29) is 42.8 Å². The van der Waals surface area contributed by atoms with Gasteiger partial charge in [-0.25, -0.2) is 0 Å². The number of aromatic nitrogens is 1. The summed E-state index contributed by atoms with van der Waals surface area (Å²) in [6.07, 6.45) is 6.42. The molecule has 10 heteroatoms. The smallest absolute Gasteiger partial charge is 0.259 e. The highest BCUT2D eigenvalue weighted by molar-refractivity contribution is 6.30. The molecule has 2 aromatic rings. The largest absolute Gasteiger partial charge is 0.361 e. The minimum absolute atomic E-state index is 0.0681. The Balaban J connectivity index is 1.53. The van der Waals surface area contributed by atoms with Gasteiger partial charge in [-0.3, -0.25) is 14.4 Å². The Morgan fingerprint density at radius 1 is 1.13 bits per heavy atom. The summed E-state index contributed by atoms with van der Waals surface area (Å²) in [6.45, 7) is 4.71. The van der Waals surface area contributed by atoms with E-state index in [1.54, 1.807) is 30.9 Å². The zero-order valence-electron chi connectivity index (χ0n) is 22.2. The fourth-order valence-electron chi connectivity index (χ4n) is 5.75. The van der Waals surface area contributed by atoms with Gasteiger partial charge in [-0.1, -0.05) is 48.2 Å². The molecular formula is C28H38ClN5O4. The molecule has 1 aromatic carbocycles. The lowest BCUT2D eigenvalue weighted by atomic mass is 9.92. The predicted octanol–water partition coefficient (Wildman–Crippen LogP) is 3.40. The summed E-state index contributed by atoms with van der Waals surface area (Å²) in [5, 5.41) is 7.49. The number of rotatable bonds is 9. The van der Waals surface area contributed by atoms with Gasteiger partial charge in [0.1, 0.15) is 17.4 Å². The van der Waals surface area contributed by atoms with Crippen LogP contribution in [0.1, 0.15) is 72.3 Å². The molecule has 2 heterocycles. The molecule has 1 aromatic heterocycles. The van der Waals surface area contributed by atoms with E-state index in [2.05, 4.69) is 10.5 Å². The number of carbonyl (C=O) groups is 3. The molecule has 3 amide bonds. The molecule has 0 spiro atoms. The molecule has 4 rings (SSSR count). The van der Waals surface area contributed by atoms with Crippen molar-refractivity contribution in [1.82, 2.24) is 20.3 Å². The monoisotopic (exact) mass is 543 g/mol. The average molecular weight is 544 g/mol. The summed E-state index contributed by atoms with van der Waals surface area (Å²) in [5.74, 6) is 0.0421. The SMILES string of the molecule is Cc1noc(C)c1C(=O)N(C1CCCCC1)C1CCN(C(=O)C(Cc2ccc(Cl)cc2)NC(=O)CCN)C1. The molecule has 2 aliphatic rings. The van der Waals surface area contributed by atoms with E-state index in [9.17, 15) is 14.4 Å². The molecule has 3 N–H and O–H groups in total. The molecule has 0 radical (unpaired) electrons. The van der Waals surface area contributed by atoms with E-state index < -0.39 is 6.04 Å². The van der Waals surface area contributed by atoms with Gasteiger partial charge in [0.05, 0.1) is 11.7 Å². The van der Waals surface area contributed by atoms with Crippen LogP contribution in [-0.2, 0) is 16.0 Å². The van der Waals surface area contributed by atoms with Crippen molar-refractivity contribution >= 4 is 29.3 Å². The molecular weight excluding hydrogens is 506 g/mol. The minimum Gasteiger partial charge on any atom is -0.361 e. The van der Waals surface area contributed by atoms with Crippen molar-refractivity contribution in [2.24, 2.45) is 5.73 Å². The van der Waals surface area contributed by atoms with Crippen molar-refractivity contribution in [3.05, 3.63) is 51.9 Å². The van der Waals surface area contributed by atoms with Crippen molar-refractivity contribution < 1.29 is 18.9 Å². The number of hydrogen-bond acceptors (Lipinski definition) is 6. The third-order valence-corrected chi connectivity index (χ3v) is 7.93. The Morgan fingerprint density at radius 3 is 2.47 bits per heavy atom. The summed E-state index contributed by atoms with van der Waals surface area (Å²) in [5.41, 5.74) is 7.57. The Kier molecular flexibility index (Phi) is 9.44. The Morgan fingerprint density at radius 2 is 1.84 bits per heavy atom. The molecule has 206 valence electrons. The van der Waals surface area contributed by atoms with Crippen LogP contribution >= 0.6 is 11.6 Å². The van der Waals surface area contributed by atoms with Crippen LogP contribution in [0.4, 0.5) is 0 Å². The van der Waals surface area contributed by atoms with Gasteiger partial charge in [0.2, 0.25) is 11.8 Å².